The summed E-state index contributed by atoms with van der Waals surface area (Å²) in [5.74, 6) is 1.11. The normalized spacial score (nSPS) is 13.1. The van der Waals surface area contributed by atoms with E-state index >= 15 is 0 Å². The summed E-state index contributed by atoms with van der Waals surface area (Å²) in [5.41, 5.74) is 14.3. The third kappa shape index (κ3) is 7.46. The number of carbonyl (C=O) groups excluding carboxylic acids is 1. The second-order valence-corrected chi connectivity index (χ2v) is 9.24. The highest BCUT2D eigenvalue weighted by Gasteiger charge is 2.24. The van der Waals surface area contributed by atoms with Gasteiger partial charge in [-0.2, -0.15) is 0 Å². The predicted octanol–water partition coefficient (Wildman–Crippen LogP) is 3.74. The third-order valence-electron chi connectivity index (χ3n) is 4.85. The van der Waals surface area contributed by atoms with Crippen molar-refractivity contribution in [1.82, 2.24) is 20.2 Å². The van der Waals surface area contributed by atoms with E-state index in [-0.39, 0.29) is 11.8 Å². The molecule has 0 aliphatic heterocycles. The maximum absolute atomic E-state index is 12.5. The first-order chi connectivity index (χ1) is 16.4. The monoisotopic (exact) mass is 480 g/mol. The molecule has 0 spiro atoms. The van der Waals surface area contributed by atoms with Crippen molar-refractivity contribution in [3.05, 3.63) is 59.8 Å². The Bertz CT molecular complexity index is 1180. The van der Waals surface area contributed by atoms with Gasteiger partial charge in [0.1, 0.15) is 23.1 Å². The van der Waals surface area contributed by atoms with E-state index in [1.165, 1.54) is 13.2 Å². The predicted molar refractivity (Wildman–Crippen MR) is 141 cm³/mol. The van der Waals surface area contributed by atoms with Gasteiger partial charge in [0.15, 0.2) is 0 Å². The first kappa shape index (κ1) is 27.2. The van der Waals surface area contributed by atoms with Gasteiger partial charge < -0.3 is 26.8 Å². The van der Waals surface area contributed by atoms with E-state index in [9.17, 15) is 4.79 Å². The molecule has 2 aromatic rings. The molecule has 0 saturated carbocycles. The van der Waals surface area contributed by atoms with Gasteiger partial charge in [0.25, 0.3) is 0 Å². The van der Waals surface area contributed by atoms with Crippen molar-refractivity contribution >= 4 is 34.4 Å². The minimum absolute atomic E-state index is 0.0500. The number of ether oxygens (including phenoxy) is 1. The number of rotatable bonds is 7. The number of carbonyl (C=O) groups is 1. The zero-order valence-corrected chi connectivity index (χ0v) is 21.4. The second-order valence-electron chi connectivity index (χ2n) is 9.24. The Morgan fingerprint density at radius 1 is 1.26 bits per heavy atom. The minimum Gasteiger partial charge on any atom is -0.443 e. The molecule has 0 aromatic carbocycles. The molecule has 2 rings (SSSR count). The lowest BCUT2D eigenvalue weighted by Crippen LogP contribution is -2.38. The Labute approximate surface area is 206 Å². The molecule has 188 valence electrons. The van der Waals surface area contributed by atoms with Crippen molar-refractivity contribution in [3.63, 3.8) is 0 Å². The van der Waals surface area contributed by atoms with Crippen LogP contribution in [-0.2, 0) is 4.74 Å². The molecule has 0 aliphatic rings. The summed E-state index contributed by atoms with van der Waals surface area (Å²) in [6, 6.07) is 5.40. The quantitative estimate of drug-likeness (QED) is 0.228. The Morgan fingerprint density at radius 2 is 1.94 bits per heavy atom. The third-order valence-corrected chi connectivity index (χ3v) is 4.85. The number of nitrogens with two attached hydrogens (primary N) is 2. The van der Waals surface area contributed by atoms with Crippen molar-refractivity contribution in [2.75, 3.05) is 19.4 Å². The SMILES string of the molecule is CN/C=C(\C(=N)N(C)C(=O)OC(C)(C)C)c1cnc2ccc(N/C(N)=C/C(=C\N)C(C)C)nc2c1. The Kier molecular flexibility index (Phi) is 8.82. The molecule has 10 nitrogen and oxygen atoms in total. The van der Waals surface area contributed by atoms with E-state index in [4.69, 9.17) is 21.6 Å². The van der Waals surface area contributed by atoms with Gasteiger partial charge in [0.05, 0.1) is 11.0 Å². The van der Waals surface area contributed by atoms with E-state index in [1.807, 2.05) is 19.9 Å². The van der Waals surface area contributed by atoms with Crippen LogP contribution in [0.2, 0.25) is 0 Å². The number of amides is 1. The van der Waals surface area contributed by atoms with Crippen LogP contribution < -0.4 is 22.1 Å². The number of hydrogen-bond acceptors (Lipinski definition) is 9. The molecule has 10 heteroatoms. The summed E-state index contributed by atoms with van der Waals surface area (Å²) in [5, 5.41) is 14.6. The van der Waals surface area contributed by atoms with Crippen LogP contribution in [0.15, 0.2) is 54.3 Å². The summed E-state index contributed by atoms with van der Waals surface area (Å²) in [4.78, 5) is 22.7. The van der Waals surface area contributed by atoms with Gasteiger partial charge in [-0.3, -0.25) is 15.3 Å². The van der Waals surface area contributed by atoms with E-state index in [1.54, 1.807) is 58.4 Å². The molecule has 0 atom stereocenters. The average molecular weight is 481 g/mol. The lowest BCUT2D eigenvalue weighted by molar-refractivity contribution is 0.0403. The van der Waals surface area contributed by atoms with E-state index in [0.717, 1.165) is 10.5 Å². The summed E-state index contributed by atoms with van der Waals surface area (Å²) in [7, 11) is 3.21. The van der Waals surface area contributed by atoms with Gasteiger partial charge in [-0.25, -0.2) is 9.78 Å². The number of nitrogens with zero attached hydrogens (tertiary/aromatic N) is 3. The molecule has 0 saturated heterocycles. The number of nitrogens with one attached hydrogen (secondary N) is 3. The summed E-state index contributed by atoms with van der Waals surface area (Å²) in [6.07, 6.45) is 5.93. The summed E-state index contributed by atoms with van der Waals surface area (Å²) in [6.45, 7) is 9.37. The van der Waals surface area contributed by atoms with Crippen molar-refractivity contribution in [2.24, 2.45) is 17.4 Å². The van der Waals surface area contributed by atoms with Crippen LogP contribution >= 0.6 is 0 Å². The van der Waals surface area contributed by atoms with Gasteiger partial charge >= 0.3 is 6.09 Å². The highest BCUT2D eigenvalue weighted by atomic mass is 16.6. The Balaban J connectivity index is 2.38. The number of allylic oxidation sites excluding steroid dienone is 2. The fraction of sp³-hybridized carbons (Fsp3) is 0.360. The minimum atomic E-state index is -0.678. The van der Waals surface area contributed by atoms with Gasteiger partial charge in [-0.15, -0.1) is 0 Å². The number of amidine groups is 1. The smallest absolute Gasteiger partial charge is 0.415 e. The van der Waals surface area contributed by atoms with Gasteiger partial charge in [0.2, 0.25) is 0 Å². The van der Waals surface area contributed by atoms with E-state index in [0.29, 0.717) is 33.8 Å². The standard InChI is InChI=1S/C25H36N8O2/c1-15(2)16(12-26)11-21(27)32-22-9-8-19-20(31-22)10-17(13-30-19)18(14-29-6)23(28)33(7)24(34)35-25(3,4)5/h8-15,28-29H,26-27H2,1-7H3,(H,31,32)/b16-12+,18-14-,21-11+,28-23?. The largest absolute Gasteiger partial charge is 0.443 e. The molecule has 0 radical (unpaired) electrons. The lowest BCUT2D eigenvalue weighted by atomic mass is 10.0. The van der Waals surface area contributed by atoms with Gasteiger partial charge in [-0.1, -0.05) is 13.8 Å². The van der Waals surface area contributed by atoms with E-state index in [2.05, 4.69) is 20.6 Å². The fourth-order valence-corrected chi connectivity index (χ4v) is 3.03. The zero-order chi connectivity index (χ0) is 26.3. The van der Waals surface area contributed by atoms with Crippen LogP contribution in [0.4, 0.5) is 10.6 Å². The number of likely N-dealkylation sites (N-methyl/N-ethyl adjacent to an activating group) is 1. The maximum Gasteiger partial charge on any atom is 0.415 e. The highest BCUT2D eigenvalue weighted by Crippen LogP contribution is 2.22. The van der Waals surface area contributed by atoms with Crippen LogP contribution in [-0.4, -0.2) is 46.5 Å². The summed E-state index contributed by atoms with van der Waals surface area (Å²) < 4.78 is 5.39. The first-order valence-electron chi connectivity index (χ1n) is 11.2. The van der Waals surface area contributed by atoms with Crippen LogP contribution in [0.1, 0.15) is 40.2 Å². The fourth-order valence-electron chi connectivity index (χ4n) is 3.03. The number of pyridine rings is 2. The van der Waals surface area contributed by atoms with Crippen LogP contribution in [0, 0.1) is 11.3 Å². The maximum atomic E-state index is 12.5. The van der Waals surface area contributed by atoms with Crippen LogP contribution in [0.3, 0.4) is 0 Å². The number of aromatic nitrogens is 2. The molecular formula is C25H36N8O2. The van der Waals surface area contributed by atoms with Crippen LogP contribution in [0.5, 0.6) is 0 Å². The topological polar surface area (TPSA) is 155 Å². The molecular weight excluding hydrogens is 444 g/mol. The number of hydrogen-bond donors (Lipinski definition) is 5. The number of fused-ring (bicyclic) bond motifs is 1. The molecule has 2 aromatic heterocycles. The van der Waals surface area contributed by atoms with Gasteiger partial charge in [-0.05, 0) is 62.7 Å². The Morgan fingerprint density at radius 3 is 2.51 bits per heavy atom. The van der Waals surface area contributed by atoms with Crippen LogP contribution in [0.25, 0.3) is 16.6 Å². The highest BCUT2D eigenvalue weighted by molar-refractivity contribution is 6.24. The molecule has 0 bridgehead atoms. The van der Waals surface area contributed by atoms with Crippen molar-refractivity contribution in [1.29, 1.82) is 5.41 Å². The molecule has 0 fully saturated rings. The molecule has 7 N–H and O–H groups in total. The zero-order valence-electron chi connectivity index (χ0n) is 21.4. The molecule has 2 heterocycles. The van der Waals surface area contributed by atoms with Crippen molar-refractivity contribution in [3.8, 4) is 0 Å². The number of anilines is 1. The average Bonchev–Trinajstić information content (AvgIpc) is 2.78. The first-order valence-corrected chi connectivity index (χ1v) is 11.2. The molecule has 1 amide bonds. The second kappa shape index (κ2) is 11.4. The van der Waals surface area contributed by atoms with Crippen molar-refractivity contribution in [2.45, 2.75) is 40.2 Å². The molecule has 0 aliphatic carbocycles. The van der Waals surface area contributed by atoms with E-state index < -0.39 is 11.7 Å². The van der Waals surface area contributed by atoms with Crippen molar-refractivity contribution < 1.29 is 9.53 Å². The summed E-state index contributed by atoms with van der Waals surface area (Å²) >= 11 is 0. The Hall–Kier alpha value is -4.08. The lowest BCUT2D eigenvalue weighted by Gasteiger charge is -2.25. The molecule has 0 unspecified atom stereocenters. The van der Waals surface area contributed by atoms with Gasteiger partial charge in [0, 0.05) is 37.6 Å². The molecule has 35 heavy (non-hydrogen) atoms.